The molecular weight excluding hydrogens is 270 g/mol. The number of likely N-dealkylation sites (N-methyl/N-ethyl adjacent to an activating group) is 1. The Morgan fingerprint density at radius 3 is 2.67 bits per heavy atom. The Labute approximate surface area is 126 Å². The van der Waals surface area contributed by atoms with Crippen LogP contribution < -0.4 is 5.32 Å². The minimum atomic E-state index is -0.775. The molecule has 6 heteroatoms. The molecule has 0 spiro atoms. The fourth-order valence-electron chi connectivity index (χ4n) is 2.92. The van der Waals surface area contributed by atoms with Crippen molar-refractivity contribution in [1.82, 2.24) is 10.2 Å². The van der Waals surface area contributed by atoms with Gasteiger partial charge in [-0.2, -0.15) is 5.26 Å². The van der Waals surface area contributed by atoms with E-state index in [0.29, 0.717) is 32.6 Å². The van der Waals surface area contributed by atoms with E-state index in [1.54, 1.807) is 6.92 Å². The molecule has 0 aromatic carbocycles. The van der Waals surface area contributed by atoms with E-state index in [4.69, 9.17) is 4.74 Å². The van der Waals surface area contributed by atoms with Crippen molar-refractivity contribution in [2.45, 2.75) is 43.7 Å². The van der Waals surface area contributed by atoms with Crippen LogP contribution in [0.5, 0.6) is 0 Å². The smallest absolute Gasteiger partial charge is 0.235 e. The van der Waals surface area contributed by atoms with Crippen molar-refractivity contribution in [3.63, 3.8) is 0 Å². The number of hydrogen-bond acceptors (Lipinski definition) is 5. The first-order chi connectivity index (χ1) is 9.87. The van der Waals surface area contributed by atoms with Crippen molar-refractivity contribution in [2.75, 3.05) is 33.4 Å². The molecule has 1 atom stereocenters. The Kier molecular flexibility index (Phi) is 4.87. The van der Waals surface area contributed by atoms with Gasteiger partial charge in [-0.05, 0) is 32.7 Å². The summed E-state index contributed by atoms with van der Waals surface area (Å²) in [5, 5.41) is 22.5. The van der Waals surface area contributed by atoms with Gasteiger partial charge in [-0.3, -0.25) is 9.69 Å². The fourth-order valence-corrected chi connectivity index (χ4v) is 2.92. The molecule has 0 aromatic rings. The van der Waals surface area contributed by atoms with Gasteiger partial charge in [0.2, 0.25) is 5.91 Å². The Balaban J connectivity index is 1.80. The summed E-state index contributed by atoms with van der Waals surface area (Å²) < 4.78 is 5.25. The predicted molar refractivity (Wildman–Crippen MR) is 77.4 cm³/mol. The number of carbonyl (C=O) groups is 1. The first kappa shape index (κ1) is 16.2. The highest BCUT2D eigenvalue weighted by molar-refractivity contribution is 5.79. The van der Waals surface area contributed by atoms with Gasteiger partial charge in [-0.1, -0.05) is 0 Å². The zero-order chi connectivity index (χ0) is 15.5. The second kappa shape index (κ2) is 6.30. The highest BCUT2D eigenvalue weighted by Gasteiger charge is 2.43. The van der Waals surface area contributed by atoms with Crippen molar-refractivity contribution >= 4 is 5.91 Å². The lowest BCUT2D eigenvalue weighted by Crippen LogP contribution is -2.52. The number of nitriles is 1. The van der Waals surface area contributed by atoms with Gasteiger partial charge in [-0.25, -0.2) is 0 Å². The Morgan fingerprint density at radius 1 is 1.52 bits per heavy atom. The van der Waals surface area contributed by atoms with Crippen LogP contribution in [-0.4, -0.2) is 60.4 Å². The van der Waals surface area contributed by atoms with Crippen LogP contribution in [0.1, 0.15) is 32.6 Å². The number of nitrogens with one attached hydrogen (secondary N) is 1. The molecule has 1 aliphatic heterocycles. The number of carbonyl (C=O) groups excluding carboxylic acids is 1. The predicted octanol–water partition coefficient (Wildman–Crippen LogP) is 0.268. The van der Waals surface area contributed by atoms with Crippen molar-refractivity contribution < 1.29 is 14.6 Å². The second-order valence-electron chi connectivity index (χ2n) is 6.65. The summed E-state index contributed by atoms with van der Waals surface area (Å²) in [6.45, 7) is 3.54. The van der Waals surface area contributed by atoms with E-state index in [-0.39, 0.29) is 18.4 Å². The summed E-state index contributed by atoms with van der Waals surface area (Å²) in [5.74, 6) is 0.112. The van der Waals surface area contributed by atoms with Crippen LogP contribution in [0.2, 0.25) is 0 Å². The van der Waals surface area contributed by atoms with Crippen LogP contribution in [0.25, 0.3) is 0 Å². The van der Waals surface area contributed by atoms with E-state index in [1.807, 2.05) is 11.9 Å². The zero-order valence-corrected chi connectivity index (χ0v) is 12.9. The van der Waals surface area contributed by atoms with E-state index in [2.05, 4.69) is 11.4 Å². The number of rotatable bonds is 6. The summed E-state index contributed by atoms with van der Waals surface area (Å²) in [7, 11) is 1.81. The van der Waals surface area contributed by atoms with E-state index >= 15 is 0 Å². The molecule has 118 valence electrons. The summed E-state index contributed by atoms with van der Waals surface area (Å²) in [6, 6.07) is 2.22. The lowest BCUT2D eigenvalue weighted by Gasteiger charge is -2.35. The van der Waals surface area contributed by atoms with Crippen LogP contribution in [0.3, 0.4) is 0 Å². The molecule has 2 fully saturated rings. The van der Waals surface area contributed by atoms with Crippen LogP contribution >= 0.6 is 0 Å². The molecule has 1 saturated carbocycles. The lowest BCUT2D eigenvalue weighted by molar-refractivity contribution is -0.125. The Bertz CT molecular complexity index is 424. The van der Waals surface area contributed by atoms with Gasteiger partial charge in [0.25, 0.3) is 0 Å². The largest absolute Gasteiger partial charge is 0.388 e. The fraction of sp³-hybridized carbons (Fsp3) is 0.867. The third kappa shape index (κ3) is 4.40. The van der Waals surface area contributed by atoms with Crippen molar-refractivity contribution in [3.8, 4) is 6.07 Å². The van der Waals surface area contributed by atoms with Crippen LogP contribution in [0.15, 0.2) is 0 Å². The molecule has 0 bridgehead atoms. The molecule has 1 aliphatic carbocycles. The first-order valence-corrected chi connectivity index (χ1v) is 7.58. The zero-order valence-electron chi connectivity index (χ0n) is 12.9. The van der Waals surface area contributed by atoms with E-state index in [1.165, 1.54) is 0 Å². The van der Waals surface area contributed by atoms with Gasteiger partial charge in [0, 0.05) is 32.6 Å². The second-order valence-corrected chi connectivity index (χ2v) is 6.65. The van der Waals surface area contributed by atoms with Gasteiger partial charge < -0.3 is 15.2 Å². The standard InChI is InChI=1S/C15H25N3O3/c1-14(10-16,12-3-4-12)17-13(19)9-18(2)11-15(20)5-7-21-8-6-15/h12,20H,3-9,11H2,1-2H3,(H,17,19). The molecule has 0 aromatic heterocycles. The third-order valence-corrected chi connectivity index (χ3v) is 4.43. The molecule has 21 heavy (non-hydrogen) atoms. The van der Waals surface area contributed by atoms with E-state index in [0.717, 1.165) is 12.8 Å². The van der Waals surface area contributed by atoms with Crippen LogP contribution in [0, 0.1) is 17.2 Å². The van der Waals surface area contributed by atoms with Crippen molar-refractivity contribution in [3.05, 3.63) is 0 Å². The average Bonchev–Trinajstić information content (AvgIpc) is 3.22. The summed E-state index contributed by atoms with van der Waals surface area (Å²) in [5.41, 5.74) is -1.53. The quantitative estimate of drug-likeness (QED) is 0.734. The molecule has 0 radical (unpaired) electrons. The number of amides is 1. The Hall–Kier alpha value is -1.16. The highest BCUT2D eigenvalue weighted by Crippen LogP contribution is 2.39. The van der Waals surface area contributed by atoms with Crippen molar-refractivity contribution in [2.24, 2.45) is 5.92 Å². The van der Waals surface area contributed by atoms with Gasteiger partial charge in [-0.15, -0.1) is 0 Å². The SMILES string of the molecule is CN(CC(=O)NC(C)(C#N)C1CC1)CC1(O)CCOCC1. The number of ether oxygens (including phenoxy) is 1. The van der Waals surface area contributed by atoms with Crippen LogP contribution in [-0.2, 0) is 9.53 Å². The Morgan fingerprint density at radius 2 is 2.14 bits per heavy atom. The lowest BCUT2D eigenvalue weighted by atomic mass is 9.94. The molecule has 2 rings (SSSR count). The average molecular weight is 295 g/mol. The van der Waals surface area contributed by atoms with Gasteiger partial charge in [0.1, 0.15) is 5.54 Å². The molecule has 1 unspecified atom stereocenters. The number of nitrogens with zero attached hydrogens (tertiary/aromatic N) is 2. The molecule has 1 heterocycles. The third-order valence-electron chi connectivity index (χ3n) is 4.43. The maximum atomic E-state index is 12.1. The molecule has 2 aliphatic rings. The van der Waals surface area contributed by atoms with Gasteiger partial charge >= 0.3 is 0 Å². The van der Waals surface area contributed by atoms with Crippen LogP contribution in [0.4, 0.5) is 0 Å². The topological polar surface area (TPSA) is 85.6 Å². The first-order valence-electron chi connectivity index (χ1n) is 7.58. The maximum absolute atomic E-state index is 12.1. The molecule has 2 N–H and O–H groups in total. The molecule has 1 saturated heterocycles. The monoisotopic (exact) mass is 295 g/mol. The molecule has 6 nitrogen and oxygen atoms in total. The normalized spacial score (nSPS) is 24.1. The minimum Gasteiger partial charge on any atom is -0.388 e. The van der Waals surface area contributed by atoms with Crippen molar-refractivity contribution in [1.29, 1.82) is 5.26 Å². The molecular formula is C15H25N3O3. The minimum absolute atomic E-state index is 0.163. The summed E-state index contributed by atoms with van der Waals surface area (Å²) >= 11 is 0. The summed E-state index contributed by atoms with van der Waals surface area (Å²) in [6.07, 6.45) is 3.19. The molecule has 1 amide bonds. The van der Waals surface area contributed by atoms with Gasteiger partial charge in [0.05, 0.1) is 18.2 Å². The highest BCUT2D eigenvalue weighted by atomic mass is 16.5. The maximum Gasteiger partial charge on any atom is 0.235 e. The van der Waals surface area contributed by atoms with Gasteiger partial charge in [0.15, 0.2) is 0 Å². The van der Waals surface area contributed by atoms with E-state index < -0.39 is 11.1 Å². The summed E-state index contributed by atoms with van der Waals surface area (Å²) in [4.78, 5) is 13.9. The number of hydrogen-bond donors (Lipinski definition) is 2. The number of aliphatic hydroxyl groups is 1. The van der Waals surface area contributed by atoms with E-state index in [9.17, 15) is 15.2 Å².